The van der Waals surface area contributed by atoms with Crippen LogP contribution in [-0.2, 0) is 0 Å². The topological polar surface area (TPSA) is 26.7 Å². The second-order valence-corrected chi connectivity index (χ2v) is 7.01. The van der Waals surface area contributed by atoms with Crippen molar-refractivity contribution in [3.05, 3.63) is 0 Å². The molecule has 1 N–H and O–H groups in total. The van der Waals surface area contributed by atoms with Crippen LogP contribution in [0, 0.1) is 11.3 Å². The van der Waals surface area contributed by atoms with E-state index in [4.69, 9.17) is 0 Å². The minimum atomic E-state index is 0.404. The van der Waals surface area contributed by atoms with Gasteiger partial charge in [0.1, 0.15) is 0 Å². The number of likely N-dealkylation sites (tertiary alicyclic amines) is 1. The fourth-order valence-corrected chi connectivity index (χ4v) is 4.22. The highest BCUT2D eigenvalue weighted by Crippen LogP contribution is 2.46. The van der Waals surface area contributed by atoms with E-state index in [2.05, 4.69) is 30.8 Å². The Morgan fingerprint density at radius 3 is 2.16 bits per heavy atom. The summed E-state index contributed by atoms with van der Waals surface area (Å²) in [5.41, 5.74) is 0.618. The maximum absolute atomic E-state index is 9.27. The zero-order valence-electron chi connectivity index (χ0n) is 13.1. The molecule has 1 unspecified atom stereocenters. The van der Waals surface area contributed by atoms with Crippen molar-refractivity contribution in [2.75, 3.05) is 33.8 Å². The molecule has 1 spiro atoms. The number of rotatable bonds is 4. The molecular weight excluding hydrogens is 236 g/mol. The van der Waals surface area contributed by atoms with Crippen LogP contribution in [0.15, 0.2) is 0 Å². The van der Waals surface area contributed by atoms with E-state index < -0.39 is 0 Å². The van der Waals surface area contributed by atoms with E-state index in [-0.39, 0.29) is 0 Å². The van der Waals surface area contributed by atoms with Crippen molar-refractivity contribution in [2.24, 2.45) is 11.3 Å². The number of piperidine rings is 1. The predicted octanol–water partition coefficient (Wildman–Crippen LogP) is 2.55. The van der Waals surface area contributed by atoms with E-state index >= 15 is 0 Å². The molecule has 1 saturated heterocycles. The van der Waals surface area contributed by atoms with Gasteiger partial charge in [0.25, 0.3) is 0 Å². The van der Waals surface area contributed by atoms with Crippen molar-refractivity contribution in [3.8, 4) is 0 Å². The Labute approximate surface area is 119 Å². The molecule has 0 radical (unpaired) electrons. The molecule has 0 aromatic carbocycles. The average Bonchev–Trinajstić information content (AvgIpc) is 2.42. The summed E-state index contributed by atoms with van der Waals surface area (Å²) in [6.45, 7) is 5.23. The van der Waals surface area contributed by atoms with Crippen LogP contribution in [0.5, 0.6) is 0 Å². The maximum atomic E-state index is 9.27. The van der Waals surface area contributed by atoms with E-state index in [1.54, 1.807) is 0 Å². The summed E-state index contributed by atoms with van der Waals surface area (Å²) in [6.07, 6.45) is 9.78. The SMILES string of the molecule is CCC(N(C)C)N1CCC2(CCC(CO)CC2)CC1. The molecule has 0 aromatic heterocycles. The molecule has 1 saturated carbocycles. The molecule has 3 nitrogen and oxygen atoms in total. The summed E-state index contributed by atoms with van der Waals surface area (Å²) in [4.78, 5) is 5.03. The molecule has 0 aromatic rings. The van der Waals surface area contributed by atoms with Crippen molar-refractivity contribution < 1.29 is 5.11 Å². The Morgan fingerprint density at radius 2 is 1.74 bits per heavy atom. The zero-order valence-corrected chi connectivity index (χ0v) is 13.1. The van der Waals surface area contributed by atoms with E-state index in [0.717, 1.165) is 0 Å². The van der Waals surface area contributed by atoms with Gasteiger partial charge in [-0.05, 0) is 70.4 Å². The van der Waals surface area contributed by atoms with Crippen molar-refractivity contribution >= 4 is 0 Å². The predicted molar refractivity (Wildman–Crippen MR) is 80.0 cm³/mol. The average molecular weight is 268 g/mol. The Hall–Kier alpha value is -0.120. The Balaban J connectivity index is 1.85. The van der Waals surface area contributed by atoms with Gasteiger partial charge in [-0.15, -0.1) is 0 Å². The third-order valence-electron chi connectivity index (χ3n) is 5.67. The van der Waals surface area contributed by atoms with Crippen LogP contribution in [0.1, 0.15) is 51.9 Å². The van der Waals surface area contributed by atoms with Crippen LogP contribution < -0.4 is 0 Å². The number of aliphatic hydroxyl groups excluding tert-OH is 1. The lowest BCUT2D eigenvalue weighted by atomic mass is 9.65. The van der Waals surface area contributed by atoms with Gasteiger partial charge < -0.3 is 5.11 Å². The monoisotopic (exact) mass is 268 g/mol. The maximum Gasteiger partial charge on any atom is 0.0614 e. The van der Waals surface area contributed by atoms with Crippen LogP contribution in [-0.4, -0.2) is 54.9 Å². The van der Waals surface area contributed by atoms with Gasteiger partial charge in [-0.25, -0.2) is 0 Å². The standard InChI is InChI=1S/C16H32N2O/c1-4-15(17(2)3)18-11-9-16(10-12-18)7-5-14(13-19)6-8-16/h14-15,19H,4-13H2,1-3H3. The quantitative estimate of drug-likeness (QED) is 0.849. The van der Waals surface area contributed by atoms with Crippen molar-refractivity contribution in [2.45, 2.75) is 58.0 Å². The zero-order chi connectivity index (χ0) is 13.9. The lowest BCUT2D eigenvalue weighted by molar-refractivity contribution is -0.00916. The molecule has 112 valence electrons. The van der Waals surface area contributed by atoms with Crippen LogP contribution >= 0.6 is 0 Å². The van der Waals surface area contributed by atoms with E-state index in [0.29, 0.717) is 24.1 Å². The molecule has 1 heterocycles. The van der Waals surface area contributed by atoms with Crippen molar-refractivity contribution in [1.29, 1.82) is 0 Å². The van der Waals surface area contributed by atoms with Crippen LogP contribution in [0.3, 0.4) is 0 Å². The molecule has 19 heavy (non-hydrogen) atoms. The molecule has 2 fully saturated rings. The summed E-state index contributed by atoms with van der Waals surface area (Å²) in [7, 11) is 4.40. The lowest BCUT2D eigenvalue weighted by Gasteiger charge is -2.48. The fraction of sp³-hybridized carbons (Fsp3) is 1.00. The van der Waals surface area contributed by atoms with E-state index in [1.807, 2.05) is 0 Å². The fourth-order valence-electron chi connectivity index (χ4n) is 4.22. The number of nitrogens with zero attached hydrogens (tertiary/aromatic N) is 2. The minimum Gasteiger partial charge on any atom is -0.396 e. The highest BCUT2D eigenvalue weighted by atomic mass is 16.3. The number of hydrogen-bond donors (Lipinski definition) is 1. The summed E-state index contributed by atoms with van der Waals surface area (Å²) in [6, 6.07) is 0. The highest BCUT2D eigenvalue weighted by molar-refractivity contribution is 4.91. The van der Waals surface area contributed by atoms with Gasteiger partial charge in [0.05, 0.1) is 6.17 Å². The normalized spacial score (nSPS) is 27.0. The summed E-state index contributed by atoms with van der Waals surface area (Å²) in [5.74, 6) is 0.592. The van der Waals surface area contributed by atoms with Gasteiger partial charge in [-0.3, -0.25) is 9.80 Å². The van der Waals surface area contributed by atoms with Crippen LogP contribution in [0.4, 0.5) is 0 Å². The molecule has 1 aliphatic heterocycles. The molecule has 2 aliphatic rings. The number of hydrogen-bond acceptors (Lipinski definition) is 3. The van der Waals surface area contributed by atoms with E-state index in [9.17, 15) is 5.11 Å². The van der Waals surface area contributed by atoms with Crippen molar-refractivity contribution in [1.82, 2.24) is 9.80 Å². The number of aliphatic hydroxyl groups is 1. The van der Waals surface area contributed by atoms with Crippen LogP contribution in [0.25, 0.3) is 0 Å². The Morgan fingerprint density at radius 1 is 1.16 bits per heavy atom. The second kappa shape index (κ2) is 6.55. The van der Waals surface area contributed by atoms with Gasteiger partial charge in [0, 0.05) is 19.7 Å². The Bertz CT molecular complexity index is 262. The molecular formula is C16H32N2O. The first kappa shape index (κ1) is 15.3. The van der Waals surface area contributed by atoms with E-state index in [1.165, 1.54) is 58.0 Å². The van der Waals surface area contributed by atoms with Gasteiger partial charge >= 0.3 is 0 Å². The molecule has 2 rings (SSSR count). The third-order valence-corrected chi connectivity index (χ3v) is 5.67. The largest absolute Gasteiger partial charge is 0.396 e. The summed E-state index contributed by atoms with van der Waals surface area (Å²) < 4.78 is 0. The second-order valence-electron chi connectivity index (χ2n) is 7.01. The molecule has 1 atom stereocenters. The Kier molecular flexibility index (Phi) is 5.27. The third kappa shape index (κ3) is 3.50. The molecule has 0 amide bonds. The minimum absolute atomic E-state index is 0.404. The first-order valence-electron chi connectivity index (χ1n) is 8.11. The van der Waals surface area contributed by atoms with Crippen molar-refractivity contribution in [3.63, 3.8) is 0 Å². The lowest BCUT2D eigenvalue weighted by Crippen LogP contribution is -2.51. The summed E-state index contributed by atoms with van der Waals surface area (Å²) >= 11 is 0. The van der Waals surface area contributed by atoms with Gasteiger partial charge in [-0.1, -0.05) is 6.92 Å². The van der Waals surface area contributed by atoms with Gasteiger partial charge in [0.15, 0.2) is 0 Å². The summed E-state index contributed by atoms with van der Waals surface area (Å²) in [5, 5.41) is 9.27. The van der Waals surface area contributed by atoms with Gasteiger partial charge in [0.2, 0.25) is 0 Å². The molecule has 1 aliphatic carbocycles. The van der Waals surface area contributed by atoms with Crippen LogP contribution in [0.2, 0.25) is 0 Å². The smallest absolute Gasteiger partial charge is 0.0614 e. The molecule has 3 heteroatoms. The first-order chi connectivity index (χ1) is 9.10. The molecule has 0 bridgehead atoms. The highest BCUT2D eigenvalue weighted by Gasteiger charge is 2.39. The first-order valence-corrected chi connectivity index (χ1v) is 8.11. The van der Waals surface area contributed by atoms with Gasteiger partial charge in [-0.2, -0.15) is 0 Å².